The van der Waals surface area contributed by atoms with Crippen molar-refractivity contribution in [2.45, 2.75) is 20.1 Å². The minimum atomic E-state index is -0.261. The van der Waals surface area contributed by atoms with Gasteiger partial charge in [0, 0.05) is 15.6 Å². The molecule has 0 saturated heterocycles. The number of aryl methyl sites for hydroxylation is 1. The second kappa shape index (κ2) is 9.51. The maximum atomic E-state index is 12.5. The van der Waals surface area contributed by atoms with Gasteiger partial charge in [-0.15, -0.1) is 16.4 Å². The van der Waals surface area contributed by atoms with Crippen LogP contribution in [0, 0.1) is 6.92 Å². The molecule has 0 spiro atoms. The number of anilines is 1. The second-order valence-corrected chi connectivity index (χ2v) is 8.65. The van der Waals surface area contributed by atoms with E-state index in [1.165, 1.54) is 11.3 Å². The minimum Gasteiger partial charge on any atom is -0.489 e. The van der Waals surface area contributed by atoms with Gasteiger partial charge >= 0.3 is 0 Å². The molecule has 0 aliphatic carbocycles. The molecular formula is C22H18Cl2N4O2S. The molecule has 0 atom stereocenters. The summed E-state index contributed by atoms with van der Waals surface area (Å²) in [7, 11) is 0. The summed E-state index contributed by atoms with van der Waals surface area (Å²) in [5.74, 6) is 0.752. The highest BCUT2D eigenvalue weighted by molar-refractivity contribution is 7.12. The number of benzene rings is 2. The fraction of sp³-hybridized carbons (Fsp3) is 0.136. The van der Waals surface area contributed by atoms with Crippen molar-refractivity contribution in [1.29, 1.82) is 0 Å². The van der Waals surface area contributed by atoms with Gasteiger partial charge in [-0.2, -0.15) is 0 Å². The van der Waals surface area contributed by atoms with Crippen LogP contribution in [0.2, 0.25) is 10.0 Å². The zero-order chi connectivity index (χ0) is 21.8. The van der Waals surface area contributed by atoms with Gasteiger partial charge in [0.15, 0.2) is 0 Å². The molecule has 31 heavy (non-hydrogen) atoms. The van der Waals surface area contributed by atoms with Gasteiger partial charge in [-0.25, -0.2) is 9.67 Å². The number of rotatable bonds is 7. The Morgan fingerprint density at radius 3 is 2.65 bits per heavy atom. The third-order valence-electron chi connectivity index (χ3n) is 4.43. The van der Waals surface area contributed by atoms with E-state index in [1.807, 2.05) is 48.7 Å². The van der Waals surface area contributed by atoms with Crippen LogP contribution >= 0.6 is 34.5 Å². The van der Waals surface area contributed by atoms with E-state index in [4.69, 9.17) is 27.9 Å². The minimum absolute atomic E-state index is 0.252. The molecule has 0 aliphatic heterocycles. The Bertz CT molecular complexity index is 1200. The Morgan fingerprint density at radius 2 is 1.87 bits per heavy atom. The molecule has 4 rings (SSSR count). The fourth-order valence-electron chi connectivity index (χ4n) is 2.87. The number of carbonyl (C=O) groups excluding carboxylic acids is 1. The van der Waals surface area contributed by atoms with E-state index in [-0.39, 0.29) is 11.9 Å². The van der Waals surface area contributed by atoms with E-state index in [1.54, 1.807) is 23.1 Å². The van der Waals surface area contributed by atoms with E-state index >= 15 is 0 Å². The number of aromatic nitrogens is 3. The largest absolute Gasteiger partial charge is 0.489 e. The van der Waals surface area contributed by atoms with Crippen molar-refractivity contribution in [1.82, 2.24) is 14.8 Å². The number of halogens is 2. The van der Waals surface area contributed by atoms with E-state index < -0.39 is 0 Å². The van der Waals surface area contributed by atoms with E-state index in [0.717, 1.165) is 22.4 Å². The van der Waals surface area contributed by atoms with Crippen LogP contribution in [-0.4, -0.2) is 20.7 Å². The van der Waals surface area contributed by atoms with Crippen LogP contribution in [0.25, 0.3) is 0 Å². The Morgan fingerprint density at radius 1 is 1.10 bits per heavy atom. The molecule has 0 fully saturated rings. The standard InChI is InChI=1S/C22H18Cl2N4O2S/c1-14-8-18(24)6-7-19(14)30-11-16-9-20(31-12-16)21(29)26-22-25-13-28(27-22)10-15-2-4-17(23)5-3-15/h2-9,12-13H,10-11H2,1H3,(H,26,27,29). The maximum Gasteiger partial charge on any atom is 0.268 e. The first-order chi connectivity index (χ1) is 15.0. The average molecular weight is 473 g/mol. The van der Waals surface area contributed by atoms with Crippen molar-refractivity contribution in [3.63, 3.8) is 0 Å². The third-order valence-corrected chi connectivity index (χ3v) is 5.89. The lowest BCUT2D eigenvalue weighted by atomic mass is 10.2. The zero-order valence-corrected chi connectivity index (χ0v) is 18.8. The van der Waals surface area contributed by atoms with Gasteiger partial charge in [-0.05, 0) is 59.8 Å². The molecule has 0 radical (unpaired) electrons. The average Bonchev–Trinajstić information content (AvgIpc) is 3.39. The first kappa shape index (κ1) is 21.4. The summed E-state index contributed by atoms with van der Waals surface area (Å²) >= 11 is 13.2. The number of ether oxygens (including phenoxy) is 1. The molecule has 1 amide bonds. The highest BCUT2D eigenvalue weighted by Gasteiger charge is 2.13. The predicted octanol–water partition coefficient (Wildman–Crippen LogP) is 5.83. The lowest BCUT2D eigenvalue weighted by Gasteiger charge is -2.08. The molecule has 9 heteroatoms. The Labute approximate surface area is 193 Å². The highest BCUT2D eigenvalue weighted by atomic mass is 35.5. The van der Waals surface area contributed by atoms with Gasteiger partial charge in [-0.3, -0.25) is 10.1 Å². The number of carbonyl (C=O) groups is 1. The lowest BCUT2D eigenvalue weighted by molar-refractivity contribution is 0.102. The van der Waals surface area contributed by atoms with Gasteiger partial charge in [0.1, 0.15) is 18.7 Å². The molecule has 2 aromatic carbocycles. The van der Waals surface area contributed by atoms with Crippen molar-refractivity contribution in [2.75, 3.05) is 5.32 Å². The predicted molar refractivity (Wildman–Crippen MR) is 123 cm³/mol. The third kappa shape index (κ3) is 5.64. The number of thiophene rings is 1. The van der Waals surface area contributed by atoms with Crippen LogP contribution in [-0.2, 0) is 13.2 Å². The van der Waals surface area contributed by atoms with Gasteiger partial charge in [0.25, 0.3) is 5.91 Å². The smallest absolute Gasteiger partial charge is 0.268 e. The molecule has 2 heterocycles. The van der Waals surface area contributed by atoms with E-state index in [0.29, 0.717) is 28.1 Å². The molecule has 2 aromatic heterocycles. The molecule has 1 N–H and O–H groups in total. The lowest BCUT2D eigenvalue weighted by Crippen LogP contribution is -2.12. The van der Waals surface area contributed by atoms with Crippen molar-refractivity contribution in [2.24, 2.45) is 0 Å². The van der Waals surface area contributed by atoms with Crippen molar-refractivity contribution < 1.29 is 9.53 Å². The number of hydrogen-bond acceptors (Lipinski definition) is 5. The van der Waals surface area contributed by atoms with Crippen LogP contribution < -0.4 is 10.1 Å². The number of nitrogens with one attached hydrogen (secondary N) is 1. The van der Waals surface area contributed by atoms with Crippen LogP contribution in [0.1, 0.15) is 26.4 Å². The summed E-state index contributed by atoms with van der Waals surface area (Å²) < 4.78 is 7.49. The molecule has 0 unspecified atom stereocenters. The van der Waals surface area contributed by atoms with Gasteiger partial charge in [-0.1, -0.05) is 35.3 Å². The zero-order valence-electron chi connectivity index (χ0n) is 16.5. The van der Waals surface area contributed by atoms with Crippen LogP contribution in [0.15, 0.2) is 60.2 Å². The highest BCUT2D eigenvalue weighted by Crippen LogP contribution is 2.24. The van der Waals surface area contributed by atoms with Crippen molar-refractivity contribution in [3.05, 3.63) is 91.9 Å². The fourth-order valence-corrected chi connectivity index (χ4v) is 4.02. The van der Waals surface area contributed by atoms with E-state index in [9.17, 15) is 4.79 Å². The normalized spacial score (nSPS) is 10.8. The first-order valence-electron chi connectivity index (χ1n) is 9.38. The summed E-state index contributed by atoms with van der Waals surface area (Å²) in [6, 6.07) is 14.8. The molecular weight excluding hydrogens is 455 g/mol. The maximum absolute atomic E-state index is 12.5. The summed E-state index contributed by atoms with van der Waals surface area (Å²) in [5, 5.41) is 10.3. The summed E-state index contributed by atoms with van der Waals surface area (Å²) in [6.45, 7) is 2.83. The number of amides is 1. The van der Waals surface area contributed by atoms with Crippen LogP contribution in [0.5, 0.6) is 5.75 Å². The SMILES string of the molecule is Cc1cc(Cl)ccc1OCc1csc(C(=O)Nc2ncn(Cc3ccc(Cl)cc3)n2)c1. The molecule has 6 nitrogen and oxygen atoms in total. The Kier molecular flexibility index (Phi) is 6.56. The van der Waals surface area contributed by atoms with Crippen molar-refractivity contribution in [3.8, 4) is 5.75 Å². The summed E-state index contributed by atoms with van der Waals surface area (Å²) in [6.07, 6.45) is 1.58. The first-order valence-corrected chi connectivity index (χ1v) is 11.0. The van der Waals surface area contributed by atoms with Crippen LogP contribution in [0.3, 0.4) is 0 Å². The van der Waals surface area contributed by atoms with Crippen LogP contribution in [0.4, 0.5) is 5.95 Å². The molecule has 0 aliphatic rings. The second-order valence-electron chi connectivity index (χ2n) is 6.86. The van der Waals surface area contributed by atoms with Gasteiger partial charge in [0.05, 0.1) is 11.4 Å². The molecule has 0 bridgehead atoms. The van der Waals surface area contributed by atoms with E-state index in [2.05, 4.69) is 15.4 Å². The number of hydrogen-bond donors (Lipinski definition) is 1. The summed E-state index contributed by atoms with van der Waals surface area (Å²) in [4.78, 5) is 17.3. The summed E-state index contributed by atoms with van der Waals surface area (Å²) in [5.41, 5.74) is 2.90. The Hall–Kier alpha value is -2.87. The molecule has 4 aromatic rings. The monoisotopic (exact) mass is 472 g/mol. The Balaban J connectivity index is 1.33. The molecule has 158 valence electrons. The quantitative estimate of drug-likeness (QED) is 0.367. The topological polar surface area (TPSA) is 69.0 Å². The molecule has 0 saturated carbocycles. The number of nitrogens with zero attached hydrogens (tertiary/aromatic N) is 3. The van der Waals surface area contributed by atoms with Gasteiger partial charge in [0.2, 0.25) is 5.95 Å². The van der Waals surface area contributed by atoms with Crippen molar-refractivity contribution >= 4 is 46.4 Å². The van der Waals surface area contributed by atoms with Gasteiger partial charge < -0.3 is 4.74 Å².